The van der Waals surface area contributed by atoms with E-state index < -0.39 is 5.41 Å². The largest absolute Gasteiger partial charge is 0.377 e. The van der Waals surface area contributed by atoms with E-state index in [0.717, 1.165) is 27.8 Å². The van der Waals surface area contributed by atoms with Gasteiger partial charge in [0, 0.05) is 36.5 Å². The predicted octanol–water partition coefficient (Wildman–Crippen LogP) is 4.52. The summed E-state index contributed by atoms with van der Waals surface area (Å²) in [7, 11) is 1.64. The van der Waals surface area contributed by atoms with Crippen molar-refractivity contribution in [3.8, 4) is 0 Å². The Morgan fingerprint density at radius 2 is 1.95 bits per heavy atom. The summed E-state index contributed by atoms with van der Waals surface area (Å²) in [6.07, 6.45) is 2.61. The topological polar surface area (TPSA) is 114 Å². The Hall–Kier alpha value is -4.41. The van der Waals surface area contributed by atoms with Crippen molar-refractivity contribution in [1.29, 1.82) is 0 Å². The predicted molar refractivity (Wildman–Crippen MR) is 156 cm³/mol. The van der Waals surface area contributed by atoms with Crippen LogP contribution in [0.15, 0.2) is 71.7 Å². The van der Waals surface area contributed by atoms with Crippen molar-refractivity contribution in [2.45, 2.75) is 37.8 Å². The van der Waals surface area contributed by atoms with Crippen LogP contribution in [0.25, 0.3) is 0 Å². The fourth-order valence-electron chi connectivity index (χ4n) is 5.81. The van der Waals surface area contributed by atoms with Crippen molar-refractivity contribution in [3.05, 3.63) is 105 Å². The lowest BCUT2D eigenvalue weighted by atomic mass is 9.79. The van der Waals surface area contributed by atoms with Crippen LogP contribution >= 0.6 is 11.3 Å². The van der Waals surface area contributed by atoms with Crippen molar-refractivity contribution >= 4 is 40.6 Å². The average Bonchev–Trinajstić information content (AvgIpc) is 3.71. The molecule has 1 spiro atoms. The summed E-state index contributed by atoms with van der Waals surface area (Å²) in [5.74, 6) is -0.0826. The maximum atomic E-state index is 13.4. The number of amides is 3. The number of ether oxygens (including phenoxy) is 1. The molecule has 2 aromatic heterocycles. The van der Waals surface area contributed by atoms with Crippen molar-refractivity contribution < 1.29 is 19.1 Å². The van der Waals surface area contributed by atoms with Gasteiger partial charge in [0.05, 0.1) is 17.0 Å². The average molecular weight is 568 g/mol. The molecular weight excluding hydrogens is 538 g/mol. The number of thiazole rings is 1. The lowest BCUT2D eigenvalue weighted by Crippen LogP contribution is -2.38. The zero-order valence-corrected chi connectivity index (χ0v) is 23.5. The number of methoxy groups -OCH3 is 1. The van der Waals surface area contributed by atoms with Gasteiger partial charge in [0.1, 0.15) is 18.1 Å². The second-order valence-corrected chi connectivity index (χ2v) is 11.2. The molecule has 2 atom stereocenters. The van der Waals surface area contributed by atoms with Crippen molar-refractivity contribution in [1.82, 2.24) is 14.9 Å². The normalized spacial score (nSPS) is 17.6. The monoisotopic (exact) mass is 567 g/mol. The summed E-state index contributed by atoms with van der Waals surface area (Å²) >= 11 is 1.33. The molecule has 0 saturated carbocycles. The third-order valence-electron chi connectivity index (χ3n) is 7.95. The summed E-state index contributed by atoms with van der Waals surface area (Å²) in [6, 6.07) is 17.3. The Kier molecular flexibility index (Phi) is 7.10. The second-order valence-electron chi connectivity index (χ2n) is 10.4. The van der Waals surface area contributed by atoms with Gasteiger partial charge >= 0.3 is 0 Å². The molecule has 2 unspecified atom stereocenters. The molecule has 4 aromatic rings. The zero-order valence-electron chi connectivity index (χ0n) is 22.7. The SMILES string of the molecule is COC(C)c1ccccc1CN(CC(=O)Nc1ccc2c(c1)CC1(C2)C(=O)Nc2ncccc21)C(=O)c1cscn1. The molecule has 10 heteroatoms. The van der Waals surface area contributed by atoms with Crippen LogP contribution in [-0.2, 0) is 39.1 Å². The van der Waals surface area contributed by atoms with E-state index in [1.165, 1.54) is 16.2 Å². The highest BCUT2D eigenvalue weighted by atomic mass is 32.1. The maximum absolute atomic E-state index is 13.4. The smallest absolute Gasteiger partial charge is 0.274 e. The Balaban J connectivity index is 1.21. The molecule has 3 amide bonds. The molecule has 208 valence electrons. The van der Waals surface area contributed by atoms with Crippen LogP contribution in [0.5, 0.6) is 0 Å². The number of aromatic nitrogens is 2. The molecule has 9 nitrogen and oxygen atoms in total. The number of rotatable bonds is 8. The second kappa shape index (κ2) is 10.9. The first-order chi connectivity index (χ1) is 19.9. The Labute approximate surface area is 241 Å². The third kappa shape index (κ3) is 5.00. The quantitative estimate of drug-likeness (QED) is 0.324. The summed E-state index contributed by atoms with van der Waals surface area (Å²) < 4.78 is 5.53. The van der Waals surface area contributed by atoms with E-state index in [4.69, 9.17) is 4.74 Å². The lowest BCUT2D eigenvalue weighted by molar-refractivity contribution is -0.120. The molecule has 2 aliphatic rings. The van der Waals surface area contributed by atoms with Gasteiger partial charge in [-0.25, -0.2) is 9.97 Å². The third-order valence-corrected chi connectivity index (χ3v) is 8.53. The Bertz CT molecular complexity index is 1640. The summed E-state index contributed by atoms with van der Waals surface area (Å²) in [5, 5.41) is 7.56. The van der Waals surface area contributed by atoms with Crippen LogP contribution in [0, 0.1) is 0 Å². The highest BCUT2D eigenvalue weighted by Gasteiger charge is 2.51. The number of benzene rings is 2. The first kappa shape index (κ1) is 26.8. The van der Waals surface area contributed by atoms with E-state index in [1.807, 2.05) is 61.5 Å². The van der Waals surface area contributed by atoms with Crippen LogP contribution in [0.1, 0.15) is 51.3 Å². The minimum absolute atomic E-state index is 0.0488. The van der Waals surface area contributed by atoms with E-state index in [0.29, 0.717) is 30.0 Å². The number of nitrogens with zero attached hydrogens (tertiary/aromatic N) is 3. The van der Waals surface area contributed by atoms with Crippen LogP contribution in [0.2, 0.25) is 0 Å². The van der Waals surface area contributed by atoms with Gasteiger partial charge in [0.25, 0.3) is 5.91 Å². The van der Waals surface area contributed by atoms with Crippen LogP contribution < -0.4 is 10.6 Å². The van der Waals surface area contributed by atoms with Gasteiger partial charge in [-0.1, -0.05) is 36.4 Å². The highest BCUT2D eigenvalue weighted by molar-refractivity contribution is 7.07. The number of hydrogen-bond acceptors (Lipinski definition) is 7. The van der Waals surface area contributed by atoms with Crippen molar-refractivity contribution in [2.75, 3.05) is 24.3 Å². The summed E-state index contributed by atoms with van der Waals surface area (Å²) in [5.41, 5.74) is 6.66. The minimum atomic E-state index is -0.682. The minimum Gasteiger partial charge on any atom is -0.377 e. The number of carbonyl (C=O) groups is 3. The molecule has 2 aromatic carbocycles. The van der Waals surface area contributed by atoms with Crippen LogP contribution in [0.4, 0.5) is 11.5 Å². The van der Waals surface area contributed by atoms with E-state index in [-0.39, 0.29) is 36.9 Å². The molecule has 0 saturated heterocycles. The number of anilines is 2. The van der Waals surface area contributed by atoms with E-state index in [1.54, 1.807) is 24.2 Å². The van der Waals surface area contributed by atoms with Crippen molar-refractivity contribution in [3.63, 3.8) is 0 Å². The van der Waals surface area contributed by atoms with Crippen LogP contribution in [0.3, 0.4) is 0 Å². The number of carbonyl (C=O) groups excluding carboxylic acids is 3. The lowest BCUT2D eigenvalue weighted by Gasteiger charge is -2.24. The summed E-state index contributed by atoms with van der Waals surface area (Å²) in [6.45, 7) is 2.01. The Morgan fingerprint density at radius 1 is 1.12 bits per heavy atom. The molecule has 0 fully saturated rings. The van der Waals surface area contributed by atoms with Gasteiger partial charge < -0.3 is 20.3 Å². The molecule has 1 aliphatic carbocycles. The first-order valence-electron chi connectivity index (χ1n) is 13.3. The number of pyridine rings is 1. The fourth-order valence-corrected chi connectivity index (χ4v) is 6.33. The molecule has 3 heterocycles. The number of hydrogen-bond donors (Lipinski definition) is 2. The molecule has 0 radical (unpaired) electrons. The number of nitrogens with one attached hydrogen (secondary N) is 2. The van der Waals surface area contributed by atoms with Crippen molar-refractivity contribution in [2.24, 2.45) is 0 Å². The van der Waals surface area contributed by atoms with Gasteiger partial charge in [-0.2, -0.15) is 0 Å². The van der Waals surface area contributed by atoms with Gasteiger partial charge in [0.15, 0.2) is 0 Å². The van der Waals surface area contributed by atoms with Gasteiger partial charge in [0.2, 0.25) is 11.8 Å². The zero-order chi connectivity index (χ0) is 28.6. The number of fused-ring (bicyclic) bond motifs is 3. The van der Waals surface area contributed by atoms with Gasteiger partial charge in [-0.05, 0) is 60.2 Å². The van der Waals surface area contributed by atoms with E-state index >= 15 is 0 Å². The molecule has 6 rings (SSSR count). The molecular formula is C31H29N5O4S. The molecule has 0 bridgehead atoms. The fraction of sp³-hybridized carbons (Fsp3) is 0.258. The van der Waals surface area contributed by atoms with E-state index in [2.05, 4.69) is 20.6 Å². The van der Waals surface area contributed by atoms with Crippen LogP contribution in [-0.4, -0.2) is 46.2 Å². The standard InChI is InChI=1S/C31H29N5O4S/c1-19(40-2)24-7-4-3-6-21(24)15-36(29(38)26-17-41-18-33-26)16-27(37)34-23-10-9-20-13-31(14-22(20)12-23)25-8-5-11-32-28(25)35-30(31)39/h3-12,17-19H,13-16H2,1-2H3,(H,34,37)(H,32,35,39). The Morgan fingerprint density at radius 3 is 2.76 bits per heavy atom. The maximum Gasteiger partial charge on any atom is 0.274 e. The summed E-state index contributed by atoms with van der Waals surface area (Å²) in [4.78, 5) is 49.7. The van der Waals surface area contributed by atoms with Gasteiger partial charge in [-0.15, -0.1) is 11.3 Å². The highest BCUT2D eigenvalue weighted by Crippen LogP contribution is 2.46. The molecule has 2 N–H and O–H groups in total. The first-order valence-corrected chi connectivity index (χ1v) is 14.3. The van der Waals surface area contributed by atoms with Gasteiger partial charge in [-0.3, -0.25) is 14.4 Å². The molecule has 1 aliphatic heterocycles. The molecule has 41 heavy (non-hydrogen) atoms. The van der Waals surface area contributed by atoms with E-state index in [9.17, 15) is 14.4 Å².